The van der Waals surface area contributed by atoms with Gasteiger partial charge in [0.05, 0.1) is 7.11 Å². The van der Waals surface area contributed by atoms with Crippen molar-refractivity contribution in [3.8, 4) is 5.75 Å². The third-order valence-corrected chi connectivity index (χ3v) is 5.62. The highest BCUT2D eigenvalue weighted by Crippen LogP contribution is 2.21. The molecule has 1 aliphatic rings. The fraction of sp³-hybridized carbons (Fsp3) is 0.240. The van der Waals surface area contributed by atoms with Crippen LogP contribution in [0.2, 0.25) is 0 Å². The van der Waals surface area contributed by atoms with E-state index in [2.05, 4.69) is 25.8 Å². The predicted molar refractivity (Wildman–Crippen MR) is 134 cm³/mol. The molecule has 3 aromatic rings. The molecule has 2 heterocycles. The molecular formula is C25H28N6O3. The Hall–Kier alpha value is -4.27. The number of nitrogens with zero attached hydrogens (tertiary/aromatic N) is 3. The molecule has 1 aliphatic heterocycles. The van der Waals surface area contributed by atoms with Gasteiger partial charge in [0.25, 0.3) is 0 Å². The molecule has 176 valence electrons. The van der Waals surface area contributed by atoms with Gasteiger partial charge in [0.15, 0.2) is 0 Å². The molecule has 3 N–H and O–H groups in total. The standard InChI is InChI=1S/C25H28N6O3/c1-18-5-4-12-26-23(18)29-25(33)31-15-13-30(14-16-31)21-10-8-19(9-11-21)27-24(32)28-20-6-3-7-22(17-20)34-2/h3-12,17H,13-16H2,1-2H3,(H,26,29,33)(H2,27,28,32). The predicted octanol–water partition coefficient (Wildman–Crippen LogP) is 4.40. The van der Waals surface area contributed by atoms with E-state index in [-0.39, 0.29) is 12.1 Å². The molecule has 0 bridgehead atoms. The second-order valence-electron chi connectivity index (χ2n) is 7.93. The normalized spacial score (nSPS) is 13.2. The number of nitrogens with one attached hydrogen (secondary N) is 3. The molecule has 0 unspecified atom stereocenters. The van der Waals surface area contributed by atoms with Crippen molar-refractivity contribution >= 4 is 34.9 Å². The summed E-state index contributed by atoms with van der Waals surface area (Å²) in [6.07, 6.45) is 1.67. The van der Waals surface area contributed by atoms with Crippen molar-refractivity contribution in [1.82, 2.24) is 9.88 Å². The molecule has 34 heavy (non-hydrogen) atoms. The van der Waals surface area contributed by atoms with Crippen LogP contribution in [0.4, 0.5) is 32.5 Å². The van der Waals surface area contributed by atoms with Gasteiger partial charge in [-0.3, -0.25) is 5.32 Å². The number of hydrogen-bond acceptors (Lipinski definition) is 5. The van der Waals surface area contributed by atoms with Crippen molar-refractivity contribution in [2.45, 2.75) is 6.92 Å². The third kappa shape index (κ3) is 5.74. The highest BCUT2D eigenvalue weighted by molar-refractivity contribution is 6.00. The number of piperazine rings is 1. The van der Waals surface area contributed by atoms with E-state index in [1.165, 1.54) is 0 Å². The summed E-state index contributed by atoms with van der Waals surface area (Å²) in [6.45, 7) is 4.58. The molecule has 4 amide bonds. The number of benzene rings is 2. The number of amides is 4. The first kappa shape index (κ1) is 22.9. The Morgan fingerprint density at radius 3 is 2.32 bits per heavy atom. The van der Waals surface area contributed by atoms with Gasteiger partial charge in [0.1, 0.15) is 11.6 Å². The van der Waals surface area contributed by atoms with Crippen LogP contribution in [0.15, 0.2) is 66.9 Å². The molecule has 2 aromatic carbocycles. The lowest BCUT2D eigenvalue weighted by molar-refractivity contribution is 0.208. The number of ether oxygens (including phenoxy) is 1. The Morgan fingerprint density at radius 2 is 1.62 bits per heavy atom. The van der Waals surface area contributed by atoms with Crippen LogP contribution < -0.4 is 25.6 Å². The first-order valence-electron chi connectivity index (χ1n) is 11.1. The van der Waals surface area contributed by atoms with Gasteiger partial charge in [-0.25, -0.2) is 14.6 Å². The van der Waals surface area contributed by atoms with E-state index in [4.69, 9.17) is 4.74 Å². The van der Waals surface area contributed by atoms with Gasteiger partial charge in [0, 0.05) is 55.5 Å². The fourth-order valence-electron chi connectivity index (χ4n) is 3.71. The molecule has 4 rings (SSSR count). The van der Waals surface area contributed by atoms with Crippen LogP contribution in [0.5, 0.6) is 5.75 Å². The van der Waals surface area contributed by atoms with Gasteiger partial charge in [0.2, 0.25) is 0 Å². The van der Waals surface area contributed by atoms with Gasteiger partial charge in [-0.05, 0) is 55.0 Å². The molecular weight excluding hydrogens is 432 g/mol. The minimum absolute atomic E-state index is 0.136. The second-order valence-corrected chi connectivity index (χ2v) is 7.93. The monoisotopic (exact) mass is 460 g/mol. The van der Waals surface area contributed by atoms with Crippen molar-refractivity contribution < 1.29 is 14.3 Å². The molecule has 9 nitrogen and oxygen atoms in total. The van der Waals surface area contributed by atoms with Crippen LogP contribution in [0.25, 0.3) is 0 Å². The van der Waals surface area contributed by atoms with E-state index in [0.717, 1.165) is 24.3 Å². The lowest BCUT2D eigenvalue weighted by Crippen LogP contribution is -2.50. The maximum Gasteiger partial charge on any atom is 0.323 e. The molecule has 0 aliphatic carbocycles. The lowest BCUT2D eigenvalue weighted by atomic mass is 10.2. The van der Waals surface area contributed by atoms with E-state index in [0.29, 0.717) is 36.0 Å². The van der Waals surface area contributed by atoms with Gasteiger partial charge < -0.3 is 25.2 Å². The molecule has 9 heteroatoms. The number of carbonyl (C=O) groups excluding carboxylic acids is 2. The zero-order valence-electron chi connectivity index (χ0n) is 19.2. The van der Waals surface area contributed by atoms with Crippen LogP contribution in [0.3, 0.4) is 0 Å². The summed E-state index contributed by atoms with van der Waals surface area (Å²) >= 11 is 0. The highest BCUT2D eigenvalue weighted by atomic mass is 16.5. The summed E-state index contributed by atoms with van der Waals surface area (Å²) in [5.41, 5.74) is 3.31. The minimum Gasteiger partial charge on any atom is -0.497 e. The van der Waals surface area contributed by atoms with Gasteiger partial charge in [-0.2, -0.15) is 0 Å². The van der Waals surface area contributed by atoms with Crippen LogP contribution in [0, 0.1) is 6.92 Å². The summed E-state index contributed by atoms with van der Waals surface area (Å²) in [7, 11) is 1.58. The topological polar surface area (TPSA) is 98.8 Å². The smallest absolute Gasteiger partial charge is 0.323 e. The number of methoxy groups -OCH3 is 1. The Labute approximate surface area is 198 Å². The van der Waals surface area contributed by atoms with Gasteiger partial charge in [-0.15, -0.1) is 0 Å². The highest BCUT2D eigenvalue weighted by Gasteiger charge is 2.22. The molecule has 1 aromatic heterocycles. The summed E-state index contributed by atoms with van der Waals surface area (Å²) in [5.74, 6) is 1.26. The number of rotatable bonds is 5. The first-order chi connectivity index (χ1) is 16.5. The molecule has 0 spiro atoms. The molecule has 0 atom stereocenters. The Kier molecular flexibility index (Phi) is 7.12. The number of anilines is 4. The third-order valence-electron chi connectivity index (χ3n) is 5.62. The lowest BCUT2D eigenvalue weighted by Gasteiger charge is -2.36. The maximum absolute atomic E-state index is 12.6. The van der Waals surface area contributed by atoms with E-state index >= 15 is 0 Å². The maximum atomic E-state index is 12.6. The quantitative estimate of drug-likeness (QED) is 0.524. The van der Waals surface area contributed by atoms with Crippen LogP contribution >= 0.6 is 0 Å². The largest absolute Gasteiger partial charge is 0.497 e. The van der Waals surface area contributed by atoms with E-state index in [1.807, 2.05) is 55.5 Å². The molecule has 1 saturated heterocycles. The van der Waals surface area contributed by atoms with Gasteiger partial charge in [-0.1, -0.05) is 12.1 Å². The molecule has 1 fully saturated rings. The van der Waals surface area contributed by atoms with Crippen molar-refractivity contribution in [2.24, 2.45) is 0 Å². The number of aryl methyl sites for hydroxylation is 1. The van der Waals surface area contributed by atoms with Crippen molar-refractivity contribution in [3.63, 3.8) is 0 Å². The van der Waals surface area contributed by atoms with Crippen LogP contribution in [0.1, 0.15) is 5.56 Å². The number of hydrogen-bond donors (Lipinski definition) is 3. The van der Waals surface area contributed by atoms with E-state index < -0.39 is 0 Å². The second kappa shape index (κ2) is 10.6. The summed E-state index contributed by atoms with van der Waals surface area (Å²) in [5, 5.41) is 8.51. The average molecular weight is 461 g/mol. The Balaban J connectivity index is 1.27. The van der Waals surface area contributed by atoms with Crippen LogP contribution in [-0.4, -0.2) is 55.2 Å². The summed E-state index contributed by atoms with van der Waals surface area (Å²) in [6, 6.07) is 18.1. The van der Waals surface area contributed by atoms with E-state index in [9.17, 15) is 9.59 Å². The number of aromatic nitrogens is 1. The first-order valence-corrected chi connectivity index (χ1v) is 11.1. The SMILES string of the molecule is COc1cccc(NC(=O)Nc2ccc(N3CCN(C(=O)Nc4ncccc4C)CC3)cc2)c1. The summed E-state index contributed by atoms with van der Waals surface area (Å²) in [4.78, 5) is 33.1. The fourth-order valence-corrected chi connectivity index (χ4v) is 3.71. The number of pyridine rings is 1. The molecule has 0 radical (unpaired) electrons. The van der Waals surface area contributed by atoms with Gasteiger partial charge >= 0.3 is 12.1 Å². The van der Waals surface area contributed by atoms with E-state index in [1.54, 1.807) is 30.3 Å². The summed E-state index contributed by atoms with van der Waals surface area (Å²) < 4.78 is 5.17. The average Bonchev–Trinajstić information content (AvgIpc) is 2.86. The number of carbonyl (C=O) groups is 2. The van der Waals surface area contributed by atoms with Crippen molar-refractivity contribution in [3.05, 3.63) is 72.4 Å². The van der Waals surface area contributed by atoms with Crippen molar-refractivity contribution in [1.29, 1.82) is 0 Å². The Morgan fingerprint density at radius 1 is 0.882 bits per heavy atom. The number of urea groups is 2. The van der Waals surface area contributed by atoms with Crippen molar-refractivity contribution in [2.75, 3.05) is 54.1 Å². The molecule has 0 saturated carbocycles. The van der Waals surface area contributed by atoms with Crippen LogP contribution in [-0.2, 0) is 0 Å². The Bertz CT molecular complexity index is 1140. The zero-order valence-corrected chi connectivity index (χ0v) is 19.2. The zero-order chi connectivity index (χ0) is 23.9. The minimum atomic E-state index is -0.330.